The first-order valence-corrected chi connectivity index (χ1v) is 7.98. The lowest BCUT2D eigenvalue weighted by Crippen LogP contribution is -2.48. The molecule has 2 N–H and O–H groups in total. The van der Waals surface area contributed by atoms with Crippen LogP contribution in [0, 0.1) is 0 Å². The molecule has 2 aromatic rings. The Morgan fingerprint density at radius 2 is 2.08 bits per heavy atom. The van der Waals surface area contributed by atoms with Crippen LogP contribution >= 0.6 is 0 Å². The van der Waals surface area contributed by atoms with Crippen LogP contribution in [0.5, 0.6) is 0 Å². The summed E-state index contributed by atoms with van der Waals surface area (Å²) in [5.41, 5.74) is -0.477. The molecule has 0 aliphatic carbocycles. The van der Waals surface area contributed by atoms with E-state index in [1.807, 2.05) is 5.32 Å². The Labute approximate surface area is 145 Å². The number of piperidine rings is 1. The number of nitrogens with zero attached hydrogens (tertiary/aromatic N) is 5. The number of carbonyl (C=O) groups excluding carboxylic acids is 1. The van der Waals surface area contributed by atoms with Crippen LogP contribution in [-0.2, 0) is 7.05 Å². The average molecular weight is 373 g/mol. The van der Waals surface area contributed by atoms with E-state index in [0.717, 1.165) is 6.20 Å². The maximum Gasteiger partial charge on any atom is 0.413 e. The van der Waals surface area contributed by atoms with Crippen molar-refractivity contribution in [1.82, 2.24) is 34.8 Å². The van der Waals surface area contributed by atoms with Crippen molar-refractivity contribution < 1.29 is 18.0 Å². The molecule has 0 saturated carbocycles. The van der Waals surface area contributed by atoms with Crippen LogP contribution in [0.4, 0.5) is 18.0 Å². The molecule has 1 fully saturated rings. The van der Waals surface area contributed by atoms with Crippen molar-refractivity contribution in [3.8, 4) is 0 Å². The van der Waals surface area contributed by atoms with Crippen molar-refractivity contribution in [2.75, 3.05) is 13.1 Å². The summed E-state index contributed by atoms with van der Waals surface area (Å²) in [6.45, 7) is 0.484. The number of halogens is 3. The molecule has 1 saturated heterocycles. The number of likely N-dealkylation sites (tertiary alicyclic amines) is 1. The second-order valence-corrected chi connectivity index (χ2v) is 6.16. The highest BCUT2D eigenvalue weighted by Gasteiger charge is 2.43. The maximum atomic E-state index is 13.3. The normalized spacial score (nSPS) is 17.3. The highest BCUT2D eigenvalue weighted by Crippen LogP contribution is 2.32. The quantitative estimate of drug-likeness (QED) is 0.837. The number of hydrogen-bond donors (Lipinski definition) is 2. The molecule has 1 atom stereocenters. The van der Waals surface area contributed by atoms with E-state index >= 15 is 0 Å². The van der Waals surface area contributed by atoms with Crippen LogP contribution in [0.3, 0.4) is 0 Å². The van der Waals surface area contributed by atoms with Crippen LogP contribution in [0.1, 0.15) is 30.5 Å². The lowest BCUT2D eigenvalue weighted by Gasteiger charge is -2.33. The number of aromatic nitrogens is 5. The van der Waals surface area contributed by atoms with E-state index in [1.54, 1.807) is 0 Å². The Morgan fingerprint density at radius 3 is 2.58 bits per heavy atom. The summed E-state index contributed by atoms with van der Waals surface area (Å²) in [7, 11) is 1.50. The molecule has 1 unspecified atom stereocenters. The third-order valence-electron chi connectivity index (χ3n) is 4.38. The molecule has 142 valence electrons. The van der Waals surface area contributed by atoms with Crippen LogP contribution in [0.2, 0.25) is 0 Å². The molecule has 1 aliphatic rings. The number of rotatable bonds is 3. The number of hydrogen-bond acceptors (Lipinski definition) is 4. The summed E-state index contributed by atoms with van der Waals surface area (Å²) >= 11 is 0. The van der Waals surface area contributed by atoms with Crippen molar-refractivity contribution in [3.63, 3.8) is 0 Å². The van der Waals surface area contributed by atoms with Crippen molar-refractivity contribution in [3.05, 3.63) is 34.8 Å². The van der Waals surface area contributed by atoms with Gasteiger partial charge in [-0.3, -0.25) is 9.25 Å². The summed E-state index contributed by atoms with van der Waals surface area (Å²) < 4.78 is 42.6. The summed E-state index contributed by atoms with van der Waals surface area (Å²) in [6, 6.07) is -3.06. The van der Waals surface area contributed by atoms with E-state index in [1.165, 1.54) is 33.7 Å². The number of aryl methyl sites for hydroxylation is 1. The van der Waals surface area contributed by atoms with Gasteiger partial charge < -0.3 is 10.2 Å². The van der Waals surface area contributed by atoms with Crippen LogP contribution < -0.4 is 11.0 Å². The van der Waals surface area contributed by atoms with Gasteiger partial charge in [-0.1, -0.05) is 0 Å². The number of aromatic amines is 1. The van der Waals surface area contributed by atoms with Crippen molar-refractivity contribution in [2.24, 2.45) is 7.05 Å². The van der Waals surface area contributed by atoms with Crippen molar-refractivity contribution in [2.45, 2.75) is 31.1 Å². The van der Waals surface area contributed by atoms with Gasteiger partial charge in [0.25, 0.3) is 0 Å². The first-order chi connectivity index (χ1) is 12.3. The first kappa shape index (κ1) is 18.0. The fourth-order valence-electron chi connectivity index (χ4n) is 3.02. The van der Waals surface area contributed by atoms with Crippen LogP contribution in [0.25, 0.3) is 0 Å². The maximum absolute atomic E-state index is 13.3. The SMILES string of the molecule is Cn1cc(C(NC(=O)N2CCC(n3cn[nH]c3=O)CC2)C(F)(F)F)cn1. The lowest BCUT2D eigenvalue weighted by molar-refractivity contribution is -0.155. The molecule has 1 aliphatic heterocycles. The van der Waals surface area contributed by atoms with Gasteiger partial charge in [-0.25, -0.2) is 14.7 Å². The largest absolute Gasteiger partial charge is 0.413 e. The Kier molecular flexibility index (Phi) is 4.74. The molecule has 0 aromatic carbocycles. The topological polar surface area (TPSA) is 101 Å². The molecule has 3 heterocycles. The Hall–Kier alpha value is -2.79. The van der Waals surface area contributed by atoms with E-state index in [9.17, 15) is 22.8 Å². The summed E-state index contributed by atoms with van der Waals surface area (Å²) in [5, 5.41) is 11.7. The van der Waals surface area contributed by atoms with Crippen LogP contribution in [-0.4, -0.2) is 54.7 Å². The summed E-state index contributed by atoms with van der Waals surface area (Å²) in [5.74, 6) is 0. The molecule has 0 spiro atoms. The zero-order valence-corrected chi connectivity index (χ0v) is 13.9. The molecule has 26 heavy (non-hydrogen) atoms. The molecular formula is C14H18F3N7O2. The molecule has 2 amide bonds. The molecule has 2 aromatic heterocycles. The molecule has 3 rings (SSSR count). The fraction of sp³-hybridized carbons (Fsp3) is 0.571. The average Bonchev–Trinajstić information content (AvgIpc) is 3.20. The zero-order chi connectivity index (χ0) is 18.9. The van der Waals surface area contributed by atoms with Gasteiger partial charge in [0.1, 0.15) is 6.33 Å². The van der Waals surface area contributed by atoms with Gasteiger partial charge in [0.15, 0.2) is 6.04 Å². The second kappa shape index (κ2) is 6.84. The molecule has 12 heteroatoms. The monoisotopic (exact) mass is 373 g/mol. The smallest absolute Gasteiger partial charge is 0.325 e. The Balaban J connectivity index is 1.64. The van der Waals surface area contributed by atoms with Gasteiger partial charge >= 0.3 is 17.9 Å². The predicted octanol–water partition coefficient (Wildman–Crippen LogP) is 0.955. The van der Waals surface area contributed by atoms with E-state index in [0.29, 0.717) is 12.8 Å². The minimum Gasteiger partial charge on any atom is -0.325 e. The number of carbonyl (C=O) groups is 1. The second-order valence-electron chi connectivity index (χ2n) is 6.16. The first-order valence-electron chi connectivity index (χ1n) is 7.98. The fourth-order valence-corrected chi connectivity index (χ4v) is 3.02. The van der Waals surface area contributed by atoms with E-state index in [-0.39, 0.29) is 30.4 Å². The minimum absolute atomic E-state index is 0.131. The molecular weight excluding hydrogens is 355 g/mol. The molecule has 0 bridgehead atoms. The Morgan fingerprint density at radius 1 is 1.38 bits per heavy atom. The van der Waals surface area contributed by atoms with E-state index in [2.05, 4.69) is 15.3 Å². The highest BCUT2D eigenvalue weighted by molar-refractivity contribution is 5.75. The summed E-state index contributed by atoms with van der Waals surface area (Å²) in [4.78, 5) is 25.2. The standard InChI is InChI=1S/C14H18F3N7O2/c1-22-7-9(6-19-22)11(14(15,16)17)20-12(25)23-4-2-10(3-5-23)24-8-18-21-13(24)26/h6-8,10-11H,2-5H2,1H3,(H,20,25)(H,21,26). The lowest BCUT2D eigenvalue weighted by atomic mass is 10.1. The van der Waals surface area contributed by atoms with Crippen LogP contribution in [0.15, 0.2) is 23.5 Å². The van der Waals surface area contributed by atoms with Crippen molar-refractivity contribution in [1.29, 1.82) is 0 Å². The number of nitrogens with one attached hydrogen (secondary N) is 2. The van der Waals surface area contributed by atoms with Gasteiger partial charge in [-0.15, -0.1) is 0 Å². The van der Waals surface area contributed by atoms with E-state index < -0.39 is 18.2 Å². The van der Waals surface area contributed by atoms with Gasteiger partial charge in [-0.05, 0) is 12.8 Å². The molecule has 0 radical (unpaired) electrons. The zero-order valence-electron chi connectivity index (χ0n) is 13.9. The highest BCUT2D eigenvalue weighted by atomic mass is 19.4. The van der Waals surface area contributed by atoms with Gasteiger partial charge in [0, 0.05) is 37.9 Å². The molecule has 9 nitrogen and oxygen atoms in total. The number of urea groups is 1. The van der Waals surface area contributed by atoms with Gasteiger partial charge in [-0.2, -0.15) is 23.4 Å². The number of H-pyrrole nitrogens is 1. The van der Waals surface area contributed by atoms with Crippen molar-refractivity contribution >= 4 is 6.03 Å². The number of alkyl halides is 3. The third kappa shape index (κ3) is 3.73. The predicted molar refractivity (Wildman–Crippen MR) is 83.2 cm³/mol. The number of amides is 2. The summed E-state index contributed by atoms with van der Waals surface area (Å²) in [6.07, 6.45) is -0.0508. The Bertz CT molecular complexity index is 817. The van der Waals surface area contributed by atoms with Gasteiger partial charge in [0.05, 0.1) is 6.20 Å². The third-order valence-corrected chi connectivity index (χ3v) is 4.38. The minimum atomic E-state index is -4.64. The van der Waals surface area contributed by atoms with E-state index in [4.69, 9.17) is 0 Å². The van der Waals surface area contributed by atoms with Gasteiger partial charge in [0.2, 0.25) is 0 Å².